The van der Waals surface area contributed by atoms with E-state index in [2.05, 4.69) is 4.98 Å². The topological polar surface area (TPSA) is 117 Å². The van der Waals surface area contributed by atoms with Gasteiger partial charge in [-0.05, 0) is 18.6 Å². The number of aromatic nitrogens is 1. The average Bonchev–Trinajstić information content (AvgIpc) is 2.19. The molecule has 82 valence electrons. The van der Waals surface area contributed by atoms with Crippen LogP contribution in [0.15, 0.2) is 12.3 Å². The van der Waals surface area contributed by atoms with E-state index >= 15 is 0 Å². The van der Waals surface area contributed by atoms with Gasteiger partial charge in [0.15, 0.2) is 6.10 Å². The zero-order valence-electron chi connectivity index (χ0n) is 8.08. The Bertz CT molecular complexity index is 380. The molecule has 6 heteroatoms. The Labute approximate surface area is 86.0 Å². The van der Waals surface area contributed by atoms with Crippen LogP contribution in [0.5, 0.6) is 0 Å². The van der Waals surface area contributed by atoms with E-state index in [-0.39, 0.29) is 11.4 Å². The summed E-state index contributed by atoms with van der Waals surface area (Å²) < 4.78 is 0. The molecule has 0 aliphatic carbocycles. The predicted molar refractivity (Wildman–Crippen MR) is 52.0 cm³/mol. The predicted octanol–water partition coefficient (Wildman–Crippen LogP) is -0.549. The molecule has 5 N–H and O–H groups in total. The van der Waals surface area contributed by atoms with Gasteiger partial charge >= 0.3 is 5.97 Å². The number of carboxylic acids is 1. The van der Waals surface area contributed by atoms with E-state index in [4.69, 9.17) is 15.9 Å². The van der Waals surface area contributed by atoms with Crippen LogP contribution in [0, 0.1) is 6.92 Å². The number of anilines is 1. The van der Waals surface area contributed by atoms with E-state index in [1.54, 1.807) is 6.92 Å². The van der Waals surface area contributed by atoms with E-state index in [9.17, 15) is 9.90 Å². The van der Waals surface area contributed by atoms with Gasteiger partial charge in [0, 0.05) is 11.8 Å². The molecule has 0 saturated heterocycles. The molecule has 2 unspecified atom stereocenters. The van der Waals surface area contributed by atoms with Crippen LogP contribution in [0.25, 0.3) is 0 Å². The van der Waals surface area contributed by atoms with Crippen LogP contribution in [0.1, 0.15) is 17.2 Å². The maximum Gasteiger partial charge on any atom is 0.335 e. The van der Waals surface area contributed by atoms with Gasteiger partial charge in [0.05, 0.1) is 0 Å². The maximum absolute atomic E-state index is 10.4. The Morgan fingerprint density at radius 1 is 1.53 bits per heavy atom. The minimum absolute atomic E-state index is 0.00778. The highest BCUT2D eigenvalue weighted by Gasteiger charge is 2.27. The second kappa shape index (κ2) is 4.24. The number of carboxylic acid groups (broad SMARTS) is 1. The number of aliphatic hydroxyl groups excluding tert-OH is 2. The van der Waals surface area contributed by atoms with Crippen molar-refractivity contribution in [2.45, 2.75) is 19.1 Å². The molecule has 0 saturated carbocycles. The van der Waals surface area contributed by atoms with Crippen molar-refractivity contribution in [3.8, 4) is 0 Å². The lowest BCUT2D eigenvalue weighted by Gasteiger charge is -2.15. The van der Waals surface area contributed by atoms with Crippen LogP contribution < -0.4 is 5.73 Å². The molecule has 1 rings (SSSR count). The first-order chi connectivity index (χ1) is 6.93. The number of nitrogens with two attached hydrogens (primary N) is 1. The SMILES string of the molecule is Cc1cnc(N)c(C(O)C(O)C(=O)O)c1. The molecule has 2 atom stereocenters. The standard InChI is InChI=1S/C9H12N2O4/c1-4-2-5(8(10)11-3-4)6(12)7(13)9(14)15/h2-3,6-7,12-13H,1H3,(H2,10,11)(H,14,15). The number of aliphatic carboxylic acids is 1. The molecule has 0 aliphatic rings. The smallest absolute Gasteiger partial charge is 0.335 e. The fourth-order valence-electron chi connectivity index (χ4n) is 1.14. The van der Waals surface area contributed by atoms with Crippen LogP contribution >= 0.6 is 0 Å². The van der Waals surface area contributed by atoms with E-state index in [1.165, 1.54) is 12.3 Å². The van der Waals surface area contributed by atoms with Crippen molar-refractivity contribution in [1.29, 1.82) is 0 Å². The number of rotatable bonds is 3. The van der Waals surface area contributed by atoms with E-state index in [1.807, 2.05) is 0 Å². The third-order valence-electron chi connectivity index (χ3n) is 1.96. The summed E-state index contributed by atoms with van der Waals surface area (Å²) in [6.45, 7) is 1.72. The molecular weight excluding hydrogens is 200 g/mol. The molecule has 1 aromatic rings. The molecule has 1 aromatic heterocycles. The van der Waals surface area contributed by atoms with Gasteiger partial charge in [0.25, 0.3) is 0 Å². The second-order valence-electron chi connectivity index (χ2n) is 3.22. The molecule has 0 bridgehead atoms. The quantitative estimate of drug-likeness (QED) is 0.534. The number of carbonyl (C=O) groups is 1. The number of hydrogen-bond acceptors (Lipinski definition) is 5. The van der Waals surface area contributed by atoms with Gasteiger partial charge in [0.1, 0.15) is 11.9 Å². The minimum atomic E-state index is -1.91. The molecule has 15 heavy (non-hydrogen) atoms. The summed E-state index contributed by atoms with van der Waals surface area (Å²) in [4.78, 5) is 14.2. The fourth-order valence-corrected chi connectivity index (χ4v) is 1.14. The van der Waals surface area contributed by atoms with Crippen molar-refractivity contribution < 1.29 is 20.1 Å². The van der Waals surface area contributed by atoms with E-state index in [0.717, 1.165) is 5.56 Å². The normalized spacial score (nSPS) is 14.6. The lowest BCUT2D eigenvalue weighted by molar-refractivity contribution is -0.153. The molecule has 0 spiro atoms. The van der Waals surface area contributed by atoms with Gasteiger partial charge < -0.3 is 21.1 Å². The Hall–Kier alpha value is -1.66. The summed E-state index contributed by atoms with van der Waals surface area (Å²) in [5.74, 6) is -1.50. The average molecular weight is 212 g/mol. The van der Waals surface area contributed by atoms with Gasteiger partial charge in [-0.1, -0.05) is 0 Å². The van der Waals surface area contributed by atoms with Gasteiger partial charge in [-0.3, -0.25) is 0 Å². The highest BCUT2D eigenvalue weighted by atomic mass is 16.4. The largest absolute Gasteiger partial charge is 0.479 e. The molecule has 0 aromatic carbocycles. The summed E-state index contributed by atoms with van der Waals surface area (Å²) in [5.41, 5.74) is 6.29. The van der Waals surface area contributed by atoms with E-state index in [0.29, 0.717) is 0 Å². The van der Waals surface area contributed by atoms with Gasteiger partial charge in [-0.2, -0.15) is 0 Å². The first-order valence-corrected chi connectivity index (χ1v) is 4.24. The highest BCUT2D eigenvalue weighted by Crippen LogP contribution is 2.22. The monoisotopic (exact) mass is 212 g/mol. The number of hydrogen-bond donors (Lipinski definition) is 4. The summed E-state index contributed by atoms with van der Waals surface area (Å²) in [6.07, 6.45) is -2.00. The first-order valence-electron chi connectivity index (χ1n) is 4.24. The first kappa shape index (κ1) is 11.4. The maximum atomic E-state index is 10.4. The van der Waals surface area contributed by atoms with Gasteiger partial charge in [-0.25, -0.2) is 9.78 Å². The number of aryl methyl sites for hydroxylation is 1. The van der Waals surface area contributed by atoms with Crippen LogP contribution in [0.2, 0.25) is 0 Å². The number of pyridine rings is 1. The van der Waals surface area contributed by atoms with Crippen LogP contribution in [0.4, 0.5) is 5.82 Å². The van der Waals surface area contributed by atoms with Crippen molar-refractivity contribution in [1.82, 2.24) is 4.98 Å². The summed E-state index contributed by atoms with van der Waals surface area (Å²) >= 11 is 0. The minimum Gasteiger partial charge on any atom is -0.479 e. The highest BCUT2D eigenvalue weighted by molar-refractivity contribution is 5.73. The third-order valence-corrected chi connectivity index (χ3v) is 1.96. The van der Waals surface area contributed by atoms with Crippen molar-refractivity contribution in [3.05, 3.63) is 23.4 Å². The van der Waals surface area contributed by atoms with Gasteiger partial charge in [-0.15, -0.1) is 0 Å². The summed E-state index contributed by atoms with van der Waals surface area (Å²) in [5, 5.41) is 27.1. The fraction of sp³-hybridized carbons (Fsp3) is 0.333. The lowest BCUT2D eigenvalue weighted by atomic mass is 10.0. The van der Waals surface area contributed by atoms with Crippen LogP contribution in [-0.4, -0.2) is 32.4 Å². The Morgan fingerprint density at radius 3 is 2.67 bits per heavy atom. The Morgan fingerprint density at radius 2 is 2.13 bits per heavy atom. The Kier molecular flexibility index (Phi) is 3.23. The molecule has 0 aliphatic heterocycles. The van der Waals surface area contributed by atoms with Crippen LogP contribution in [-0.2, 0) is 4.79 Å². The number of nitrogens with zero attached hydrogens (tertiary/aromatic N) is 1. The molecule has 1 heterocycles. The number of nitrogen functional groups attached to an aromatic ring is 1. The third kappa shape index (κ3) is 2.42. The van der Waals surface area contributed by atoms with Crippen molar-refractivity contribution in [2.75, 3.05) is 5.73 Å². The summed E-state index contributed by atoms with van der Waals surface area (Å²) in [6, 6.07) is 1.49. The zero-order valence-corrected chi connectivity index (χ0v) is 8.08. The second-order valence-corrected chi connectivity index (χ2v) is 3.22. The summed E-state index contributed by atoms with van der Waals surface area (Å²) in [7, 11) is 0. The molecule has 6 nitrogen and oxygen atoms in total. The van der Waals surface area contributed by atoms with E-state index < -0.39 is 18.2 Å². The lowest BCUT2D eigenvalue weighted by Crippen LogP contribution is -2.28. The molecule has 0 amide bonds. The zero-order chi connectivity index (χ0) is 11.6. The number of aliphatic hydroxyl groups is 2. The van der Waals surface area contributed by atoms with Gasteiger partial charge in [0.2, 0.25) is 0 Å². The molecular formula is C9H12N2O4. The van der Waals surface area contributed by atoms with Crippen molar-refractivity contribution >= 4 is 11.8 Å². The van der Waals surface area contributed by atoms with Crippen molar-refractivity contribution in [3.63, 3.8) is 0 Å². The van der Waals surface area contributed by atoms with Crippen molar-refractivity contribution in [2.24, 2.45) is 0 Å². The molecule has 0 fully saturated rings. The van der Waals surface area contributed by atoms with Crippen LogP contribution in [0.3, 0.4) is 0 Å². The Balaban J connectivity index is 3.04. The molecule has 0 radical (unpaired) electrons.